The maximum atomic E-state index is 6.26. The highest BCUT2D eigenvalue weighted by atomic mass is 35.5. The molecule has 0 spiro atoms. The molecule has 0 amide bonds. The quantitative estimate of drug-likeness (QED) is 0.398. The van der Waals surface area contributed by atoms with E-state index in [0.29, 0.717) is 16.7 Å². The summed E-state index contributed by atoms with van der Waals surface area (Å²) in [6.07, 6.45) is 6.38. The molecule has 0 saturated carbocycles. The van der Waals surface area contributed by atoms with Crippen LogP contribution in [0.4, 0.5) is 0 Å². The van der Waals surface area contributed by atoms with Crippen molar-refractivity contribution in [2.24, 2.45) is 0 Å². The molecule has 2 aromatic rings. The second-order valence-corrected chi connectivity index (χ2v) is 7.41. The van der Waals surface area contributed by atoms with Crippen molar-refractivity contribution in [2.45, 2.75) is 52.2 Å². The second kappa shape index (κ2) is 12.1. The van der Waals surface area contributed by atoms with Crippen molar-refractivity contribution < 1.29 is 9.47 Å². The first kappa shape index (κ1) is 21.9. The summed E-state index contributed by atoms with van der Waals surface area (Å²) in [6.45, 7) is 4.35. The average Bonchev–Trinajstić information content (AvgIpc) is 2.67. The molecule has 1 N–H and O–H groups in total. The molecule has 0 aliphatic carbocycles. The van der Waals surface area contributed by atoms with Crippen molar-refractivity contribution in [3.8, 4) is 11.5 Å². The lowest BCUT2D eigenvalue weighted by Gasteiger charge is -2.16. The number of benzene rings is 2. The maximum Gasteiger partial charge on any atom is 0.166 e. The predicted octanol–water partition coefficient (Wildman–Crippen LogP) is 6.64. The van der Waals surface area contributed by atoms with E-state index in [1.54, 1.807) is 13.2 Å². The maximum absolute atomic E-state index is 6.26. The molecule has 0 fully saturated rings. The number of nitrogens with one attached hydrogen (secondary N) is 1. The Labute approximate surface area is 173 Å². The molecule has 0 saturated heterocycles. The summed E-state index contributed by atoms with van der Waals surface area (Å²) in [4.78, 5) is 0. The van der Waals surface area contributed by atoms with Gasteiger partial charge in [0.2, 0.25) is 0 Å². The normalized spacial score (nSPS) is 10.8. The van der Waals surface area contributed by atoms with E-state index in [2.05, 4.69) is 18.3 Å². The van der Waals surface area contributed by atoms with Gasteiger partial charge in [0, 0.05) is 27.7 Å². The molecule has 0 atom stereocenters. The average molecular weight is 410 g/mol. The number of unbranched alkanes of at least 4 members (excludes halogenated alkanes) is 4. The largest absolute Gasteiger partial charge is 0.493 e. The summed E-state index contributed by atoms with van der Waals surface area (Å²) >= 11 is 12.2. The van der Waals surface area contributed by atoms with Gasteiger partial charge in [-0.15, -0.1) is 0 Å². The molecule has 0 aromatic heterocycles. The zero-order chi connectivity index (χ0) is 19.5. The third-order valence-corrected chi connectivity index (χ3v) is 5.03. The number of ether oxygens (including phenoxy) is 2. The standard InChI is InChI=1S/C22H29Cl2NO2/c1-3-4-5-6-7-13-25-15-17-9-8-10-21(26-2)22(17)27-16-18-11-12-19(23)14-20(18)24/h8-12,14,25H,3-7,13,15-16H2,1-2H3. The number of halogens is 2. The Morgan fingerprint density at radius 1 is 0.963 bits per heavy atom. The van der Waals surface area contributed by atoms with Crippen molar-refractivity contribution in [1.29, 1.82) is 0 Å². The van der Waals surface area contributed by atoms with Crippen LogP contribution in [-0.2, 0) is 13.2 Å². The van der Waals surface area contributed by atoms with Crippen LogP contribution in [0.3, 0.4) is 0 Å². The molecule has 148 valence electrons. The fraction of sp³-hybridized carbons (Fsp3) is 0.455. The molecule has 0 bridgehead atoms. The number of hydrogen-bond donors (Lipinski definition) is 1. The van der Waals surface area contributed by atoms with Gasteiger partial charge >= 0.3 is 0 Å². The molecule has 0 aliphatic rings. The minimum absolute atomic E-state index is 0.362. The number of methoxy groups -OCH3 is 1. The van der Waals surface area contributed by atoms with Crippen LogP contribution >= 0.6 is 23.2 Å². The third kappa shape index (κ3) is 7.25. The highest BCUT2D eigenvalue weighted by Gasteiger charge is 2.12. The minimum atomic E-state index is 0.362. The Hall–Kier alpha value is -1.42. The Kier molecular flexibility index (Phi) is 9.82. The highest BCUT2D eigenvalue weighted by Crippen LogP contribution is 2.32. The summed E-state index contributed by atoms with van der Waals surface area (Å²) in [5.41, 5.74) is 1.97. The second-order valence-electron chi connectivity index (χ2n) is 6.56. The summed E-state index contributed by atoms with van der Waals surface area (Å²) in [7, 11) is 1.66. The minimum Gasteiger partial charge on any atom is -0.493 e. The van der Waals surface area contributed by atoms with Crippen LogP contribution in [0, 0.1) is 0 Å². The lowest BCUT2D eigenvalue weighted by Crippen LogP contribution is -2.15. The highest BCUT2D eigenvalue weighted by molar-refractivity contribution is 6.35. The summed E-state index contributed by atoms with van der Waals surface area (Å²) < 4.78 is 11.6. The van der Waals surface area contributed by atoms with Gasteiger partial charge in [0.1, 0.15) is 6.61 Å². The van der Waals surface area contributed by atoms with E-state index < -0.39 is 0 Å². The van der Waals surface area contributed by atoms with Crippen molar-refractivity contribution in [3.05, 3.63) is 57.6 Å². The fourth-order valence-electron chi connectivity index (χ4n) is 2.89. The Balaban J connectivity index is 1.95. The van der Waals surface area contributed by atoms with E-state index in [1.807, 2.05) is 24.3 Å². The van der Waals surface area contributed by atoms with Gasteiger partial charge in [-0.05, 0) is 31.2 Å². The van der Waals surface area contributed by atoms with Crippen LogP contribution in [0.15, 0.2) is 36.4 Å². The summed E-state index contributed by atoms with van der Waals surface area (Å²) in [5, 5.41) is 4.72. The van der Waals surface area contributed by atoms with E-state index in [4.69, 9.17) is 32.7 Å². The number of hydrogen-bond acceptors (Lipinski definition) is 3. The van der Waals surface area contributed by atoms with Gasteiger partial charge in [-0.25, -0.2) is 0 Å². The lowest BCUT2D eigenvalue weighted by molar-refractivity contribution is 0.280. The smallest absolute Gasteiger partial charge is 0.166 e. The molecule has 0 radical (unpaired) electrons. The molecule has 5 heteroatoms. The van der Waals surface area contributed by atoms with Crippen molar-refractivity contribution in [3.63, 3.8) is 0 Å². The monoisotopic (exact) mass is 409 g/mol. The van der Waals surface area contributed by atoms with Crippen LogP contribution in [0.1, 0.15) is 50.2 Å². The van der Waals surface area contributed by atoms with Gasteiger partial charge in [-0.3, -0.25) is 0 Å². The molecule has 0 unspecified atom stereocenters. The van der Waals surface area contributed by atoms with Crippen molar-refractivity contribution in [2.75, 3.05) is 13.7 Å². The third-order valence-electron chi connectivity index (χ3n) is 4.44. The first-order chi connectivity index (χ1) is 13.2. The van der Waals surface area contributed by atoms with Gasteiger partial charge in [0.15, 0.2) is 11.5 Å². The topological polar surface area (TPSA) is 30.5 Å². The fourth-order valence-corrected chi connectivity index (χ4v) is 3.35. The van der Waals surface area contributed by atoms with E-state index in [1.165, 1.54) is 32.1 Å². The summed E-state index contributed by atoms with van der Waals surface area (Å²) in [5.74, 6) is 1.48. The van der Waals surface area contributed by atoms with Crippen LogP contribution in [0.25, 0.3) is 0 Å². The van der Waals surface area contributed by atoms with E-state index >= 15 is 0 Å². The summed E-state index contributed by atoms with van der Waals surface area (Å²) in [6, 6.07) is 11.4. The predicted molar refractivity (Wildman–Crippen MR) is 114 cm³/mol. The van der Waals surface area contributed by atoms with Crippen molar-refractivity contribution in [1.82, 2.24) is 5.32 Å². The molecular weight excluding hydrogens is 381 g/mol. The Morgan fingerprint density at radius 2 is 1.78 bits per heavy atom. The van der Waals surface area contributed by atoms with Gasteiger partial charge in [-0.1, -0.05) is 74.0 Å². The van der Waals surface area contributed by atoms with Gasteiger partial charge in [0.25, 0.3) is 0 Å². The van der Waals surface area contributed by atoms with Crippen molar-refractivity contribution >= 4 is 23.2 Å². The first-order valence-corrected chi connectivity index (χ1v) is 10.3. The van der Waals surface area contributed by atoms with E-state index in [-0.39, 0.29) is 0 Å². The number of rotatable bonds is 12. The molecule has 0 heterocycles. The number of para-hydroxylation sites is 1. The Bertz CT molecular complexity index is 707. The van der Waals surface area contributed by atoms with Gasteiger partial charge in [0.05, 0.1) is 7.11 Å². The molecular formula is C22H29Cl2NO2. The van der Waals surface area contributed by atoms with E-state index in [0.717, 1.165) is 35.7 Å². The lowest BCUT2D eigenvalue weighted by atomic mass is 10.1. The zero-order valence-corrected chi connectivity index (χ0v) is 17.7. The molecule has 3 nitrogen and oxygen atoms in total. The first-order valence-electron chi connectivity index (χ1n) is 9.59. The van der Waals surface area contributed by atoms with E-state index in [9.17, 15) is 0 Å². The van der Waals surface area contributed by atoms with Gasteiger partial charge < -0.3 is 14.8 Å². The van der Waals surface area contributed by atoms with Crippen LogP contribution < -0.4 is 14.8 Å². The SMILES string of the molecule is CCCCCCCNCc1cccc(OC)c1OCc1ccc(Cl)cc1Cl. The molecule has 2 rings (SSSR count). The molecule has 2 aromatic carbocycles. The van der Waals surface area contributed by atoms with Crippen LogP contribution in [0.2, 0.25) is 10.0 Å². The van der Waals surface area contributed by atoms with Crippen LogP contribution in [0.5, 0.6) is 11.5 Å². The van der Waals surface area contributed by atoms with Crippen LogP contribution in [-0.4, -0.2) is 13.7 Å². The Morgan fingerprint density at radius 3 is 2.52 bits per heavy atom. The molecule has 27 heavy (non-hydrogen) atoms. The van der Waals surface area contributed by atoms with Gasteiger partial charge in [-0.2, -0.15) is 0 Å². The zero-order valence-electron chi connectivity index (χ0n) is 16.2. The molecule has 0 aliphatic heterocycles.